The van der Waals surface area contributed by atoms with Crippen LogP contribution in [0.3, 0.4) is 0 Å². The molecule has 0 spiro atoms. The summed E-state index contributed by atoms with van der Waals surface area (Å²) in [6.45, 7) is 1.21. The fraction of sp³-hybridized carbons (Fsp3) is 0.500. The van der Waals surface area contributed by atoms with Crippen LogP contribution in [0.1, 0.15) is 18.9 Å². The molecule has 2 N–H and O–H groups in total. The van der Waals surface area contributed by atoms with Gasteiger partial charge < -0.3 is 10.5 Å². The second-order valence-electron chi connectivity index (χ2n) is 3.83. The first-order valence-electron chi connectivity index (χ1n) is 5.47. The van der Waals surface area contributed by atoms with Crippen LogP contribution in [0.5, 0.6) is 5.75 Å². The van der Waals surface area contributed by atoms with Gasteiger partial charge >= 0.3 is 0 Å². The third kappa shape index (κ3) is 4.65. The Labute approximate surface area is 98.6 Å². The highest BCUT2D eigenvalue weighted by Gasteiger charge is 2.11. The molecule has 1 rings (SSSR count). The smallest absolute Gasteiger partial charge is 0.272 e. The number of nitrogens with two attached hydrogens (primary N) is 1. The predicted molar refractivity (Wildman–Crippen MR) is 59.9 cm³/mol. The van der Waals surface area contributed by atoms with E-state index in [2.05, 4.69) is 0 Å². The van der Waals surface area contributed by atoms with Crippen LogP contribution in [-0.4, -0.2) is 19.1 Å². The van der Waals surface area contributed by atoms with Crippen LogP contribution >= 0.6 is 0 Å². The minimum atomic E-state index is -2.55. The molecule has 0 aliphatic rings. The highest BCUT2D eigenvalue weighted by molar-refractivity contribution is 5.34. The average Bonchev–Trinajstić information content (AvgIpc) is 2.27. The Bertz CT molecular complexity index is 358. The average molecular weight is 247 g/mol. The zero-order valence-corrected chi connectivity index (χ0v) is 9.63. The van der Waals surface area contributed by atoms with E-state index in [9.17, 15) is 13.2 Å². The molecule has 1 unspecified atom stereocenters. The zero-order chi connectivity index (χ0) is 12.8. The monoisotopic (exact) mass is 247 g/mol. The van der Waals surface area contributed by atoms with E-state index in [1.807, 2.05) is 6.92 Å². The molecule has 0 aliphatic carbocycles. The predicted octanol–water partition coefficient (Wildman–Crippen LogP) is 2.75. The SMILES string of the molecule is CCC(N)Cc1cc(F)ccc1OCC(F)F. The molecule has 0 saturated heterocycles. The molecular formula is C12H16F3NO. The Balaban J connectivity index is 2.79. The van der Waals surface area contributed by atoms with Gasteiger partial charge in [-0.05, 0) is 36.6 Å². The van der Waals surface area contributed by atoms with Crippen molar-refractivity contribution in [1.82, 2.24) is 0 Å². The van der Waals surface area contributed by atoms with Crippen LogP contribution in [0.25, 0.3) is 0 Å². The number of ether oxygens (including phenoxy) is 1. The number of hydrogen-bond donors (Lipinski definition) is 1. The number of alkyl halides is 2. The van der Waals surface area contributed by atoms with E-state index in [-0.39, 0.29) is 11.8 Å². The number of halogens is 3. The second-order valence-corrected chi connectivity index (χ2v) is 3.83. The van der Waals surface area contributed by atoms with Crippen LogP contribution in [0.2, 0.25) is 0 Å². The molecule has 0 radical (unpaired) electrons. The molecule has 0 amide bonds. The molecular weight excluding hydrogens is 231 g/mol. The van der Waals surface area contributed by atoms with E-state index in [1.54, 1.807) is 0 Å². The summed E-state index contributed by atoms with van der Waals surface area (Å²) in [5, 5.41) is 0. The third-order valence-electron chi connectivity index (χ3n) is 2.39. The second kappa shape index (κ2) is 6.49. The summed E-state index contributed by atoms with van der Waals surface area (Å²) in [6.07, 6.45) is -1.41. The van der Waals surface area contributed by atoms with E-state index >= 15 is 0 Å². The van der Waals surface area contributed by atoms with Crippen molar-refractivity contribution in [3.63, 3.8) is 0 Å². The minimum absolute atomic E-state index is 0.134. The van der Waals surface area contributed by atoms with Crippen molar-refractivity contribution in [2.45, 2.75) is 32.2 Å². The Hall–Kier alpha value is -1.23. The van der Waals surface area contributed by atoms with Gasteiger partial charge in [-0.15, -0.1) is 0 Å². The first-order chi connectivity index (χ1) is 8.02. The molecule has 0 fully saturated rings. The Morgan fingerprint density at radius 2 is 2.06 bits per heavy atom. The van der Waals surface area contributed by atoms with E-state index in [4.69, 9.17) is 10.5 Å². The minimum Gasteiger partial charge on any atom is -0.487 e. The molecule has 96 valence electrons. The quantitative estimate of drug-likeness (QED) is 0.838. The molecule has 0 bridgehead atoms. The molecule has 1 atom stereocenters. The van der Waals surface area contributed by atoms with Gasteiger partial charge in [-0.3, -0.25) is 0 Å². The highest BCUT2D eigenvalue weighted by atomic mass is 19.3. The summed E-state index contributed by atoms with van der Waals surface area (Å²) in [6, 6.07) is 3.68. The van der Waals surface area contributed by atoms with Crippen molar-refractivity contribution >= 4 is 0 Å². The van der Waals surface area contributed by atoms with Crippen LogP contribution in [0, 0.1) is 5.82 Å². The molecule has 2 nitrogen and oxygen atoms in total. The number of benzene rings is 1. The van der Waals surface area contributed by atoms with Gasteiger partial charge in [0.2, 0.25) is 0 Å². The van der Waals surface area contributed by atoms with Gasteiger partial charge in [-0.25, -0.2) is 13.2 Å². The molecule has 1 aromatic rings. The molecule has 0 heterocycles. The van der Waals surface area contributed by atoms with Crippen molar-refractivity contribution < 1.29 is 17.9 Å². The lowest BCUT2D eigenvalue weighted by atomic mass is 10.0. The Kier molecular flexibility index (Phi) is 5.28. The molecule has 0 saturated carbocycles. The van der Waals surface area contributed by atoms with E-state index in [1.165, 1.54) is 18.2 Å². The summed E-state index contributed by atoms with van der Waals surface area (Å²) in [5.41, 5.74) is 6.28. The summed E-state index contributed by atoms with van der Waals surface area (Å²) >= 11 is 0. The first-order valence-corrected chi connectivity index (χ1v) is 5.47. The number of rotatable bonds is 6. The number of hydrogen-bond acceptors (Lipinski definition) is 2. The molecule has 0 aliphatic heterocycles. The van der Waals surface area contributed by atoms with Crippen LogP contribution in [0.15, 0.2) is 18.2 Å². The third-order valence-corrected chi connectivity index (χ3v) is 2.39. The van der Waals surface area contributed by atoms with E-state index in [0.29, 0.717) is 12.0 Å². The Morgan fingerprint density at radius 3 is 2.65 bits per heavy atom. The molecule has 5 heteroatoms. The van der Waals surface area contributed by atoms with Crippen molar-refractivity contribution in [2.75, 3.05) is 6.61 Å². The van der Waals surface area contributed by atoms with Crippen molar-refractivity contribution in [3.8, 4) is 5.75 Å². The van der Waals surface area contributed by atoms with Crippen LogP contribution in [0.4, 0.5) is 13.2 Å². The normalized spacial score (nSPS) is 12.8. The van der Waals surface area contributed by atoms with Crippen LogP contribution in [-0.2, 0) is 6.42 Å². The zero-order valence-electron chi connectivity index (χ0n) is 9.63. The lowest BCUT2D eigenvalue weighted by Crippen LogP contribution is -2.22. The first kappa shape index (κ1) is 13.8. The topological polar surface area (TPSA) is 35.2 Å². The van der Waals surface area contributed by atoms with Crippen molar-refractivity contribution in [1.29, 1.82) is 0 Å². The summed E-state index contributed by atoms with van der Waals surface area (Å²) in [4.78, 5) is 0. The Morgan fingerprint density at radius 1 is 1.35 bits per heavy atom. The maximum atomic E-state index is 13.1. The van der Waals surface area contributed by atoms with Gasteiger partial charge in [0.25, 0.3) is 6.43 Å². The lowest BCUT2D eigenvalue weighted by Gasteiger charge is -2.14. The van der Waals surface area contributed by atoms with E-state index < -0.39 is 18.8 Å². The van der Waals surface area contributed by atoms with Gasteiger partial charge in [-0.1, -0.05) is 6.92 Å². The lowest BCUT2D eigenvalue weighted by molar-refractivity contribution is 0.0813. The standard InChI is InChI=1S/C12H16F3NO/c1-2-10(16)6-8-5-9(13)3-4-11(8)17-7-12(14)15/h3-5,10,12H,2,6-7,16H2,1H3. The highest BCUT2D eigenvalue weighted by Crippen LogP contribution is 2.22. The molecule has 0 aromatic heterocycles. The van der Waals surface area contributed by atoms with Crippen LogP contribution < -0.4 is 10.5 Å². The van der Waals surface area contributed by atoms with E-state index in [0.717, 1.165) is 6.42 Å². The fourth-order valence-corrected chi connectivity index (χ4v) is 1.43. The van der Waals surface area contributed by atoms with Gasteiger partial charge in [0.1, 0.15) is 18.2 Å². The van der Waals surface area contributed by atoms with Gasteiger partial charge in [-0.2, -0.15) is 0 Å². The van der Waals surface area contributed by atoms with Gasteiger partial charge in [0, 0.05) is 6.04 Å². The largest absolute Gasteiger partial charge is 0.487 e. The maximum absolute atomic E-state index is 13.1. The summed E-state index contributed by atoms with van der Waals surface area (Å²) in [5.74, 6) is -0.150. The molecule has 1 aromatic carbocycles. The fourth-order valence-electron chi connectivity index (χ4n) is 1.43. The van der Waals surface area contributed by atoms with Crippen molar-refractivity contribution in [3.05, 3.63) is 29.6 Å². The van der Waals surface area contributed by atoms with Gasteiger partial charge in [0.15, 0.2) is 0 Å². The molecule has 17 heavy (non-hydrogen) atoms. The van der Waals surface area contributed by atoms with Crippen molar-refractivity contribution in [2.24, 2.45) is 5.73 Å². The van der Waals surface area contributed by atoms with Gasteiger partial charge in [0.05, 0.1) is 0 Å². The maximum Gasteiger partial charge on any atom is 0.272 e. The summed E-state index contributed by atoms with van der Waals surface area (Å²) < 4.78 is 42.1. The summed E-state index contributed by atoms with van der Waals surface area (Å²) in [7, 11) is 0.